The van der Waals surface area contributed by atoms with Crippen LogP contribution in [0.2, 0.25) is 0 Å². The summed E-state index contributed by atoms with van der Waals surface area (Å²) in [6.45, 7) is 2.58. The number of rotatable bonds is 5. The number of aliphatic hydroxyl groups excluding tert-OH is 1. The van der Waals surface area contributed by atoms with Crippen LogP contribution in [0.4, 0.5) is 0 Å². The van der Waals surface area contributed by atoms with Crippen molar-refractivity contribution in [3.63, 3.8) is 0 Å². The molecule has 4 heteroatoms. The summed E-state index contributed by atoms with van der Waals surface area (Å²) in [4.78, 5) is 4.13. The highest BCUT2D eigenvalue weighted by atomic mass is 16.5. The van der Waals surface area contributed by atoms with Crippen molar-refractivity contribution in [2.75, 3.05) is 6.61 Å². The minimum atomic E-state index is -0.661. The second kappa shape index (κ2) is 6.31. The van der Waals surface area contributed by atoms with Crippen LogP contribution in [-0.4, -0.2) is 16.7 Å². The van der Waals surface area contributed by atoms with Crippen LogP contribution in [0.1, 0.15) is 22.9 Å². The zero-order valence-corrected chi connectivity index (χ0v) is 10.9. The lowest BCUT2D eigenvalue weighted by Gasteiger charge is -2.14. The van der Waals surface area contributed by atoms with E-state index in [1.165, 1.54) is 0 Å². The van der Waals surface area contributed by atoms with Crippen molar-refractivity contribution in [1.82, 2.24) is 4.98 Å². The summed E-state index contributed by atoms with van der Waals surface area (Å²) in [6, 6.07) is 11.2. The van der Waals surface area contributed by atoms with Crippen molar-refractivity contribution < 1.29 is 9.84 Å². The first-order valence-electron chi connectivity index (χ1n) is 6.22. The van der Waals surface area contributed by atoms with E-state index in [1.807, 2.05) is 43.3 Å². The van der Waals surface area contributed by atoms with Crippen LogP contribution in [0.15, 0.2) is 42.6 Å². The molecule has 0 radical (unpaired) electrons. The second-order valence-electron chi connectivity index (χ2n) is 4.36. The van der Waals surface area contributed by atoms with Gasteiger partial charge in [-0.25, -0.2) is 0 Å². The monoisotopic (exact) mass is 258 g/mol. The number of nitrogens with two attached hydrogens (primary N) is 1. The number of hydrogen-bond acceptors (Lipinski definition) is 4. The van der Waals surface area contributed by atoms with Gasteiger partial charge < -0.3 is 15.6 Å². The standard InChI is InChI=1S/C15H18N2O2/c1-11-15(3-2-8-17-11)19-10-14(18)13-6-4-12(9-16)5-7-13/h2-8,14,18H,9-10,16H2,1H3. The van der Waals surface area contributed by atoms with E-state index in [9.17, 15) is 5.11 Å². The molecule has 0 bridgehead atoms. The molecule has 1 heterocycles. The van der Waals surface area contributed by atoms with Crippen molar-refractivity contribution in [3.8, 4) is 5.75 Å². The van der Waals surface area contributed by atoms with Gasteiger partial charge in [0.2, 0.25) is 0 Å². The van der Waals surface area contributed by atoms with Gasteiger partial charge in [0.1, 0.15) is 18.5 Å². The van der Waals surface area contributed by atoms with Crippen LogP contribution in [0, 0.1) is 6.92 Å². The first-order chi connectivity index (χ1) is 9.20. The fourth-order valence-electron chi connectivity index (χ4n) is 1.76. The van der Waals surface area contributed by atoms with Gasteiger partial charge in [-0.05, 0) is 30.2 Å². The Labute approximate surface area is 112 Å². The topological polar surface area (TPSA) is 68.4 Å². The molecule has 2 rings (SSSR count). The number of pyridine rings is 1. The van der Waals surface area contributed by atoms with E-state index in [0.717, 1.165) is 16.8 Å². The fraction of sp³-hybridized carbons (Fsp3) is 0.267. The number of aromatic nitrogens is 1. The van der Waals surface area contributed by atoms with E-state index in [1.54, 1.807) is 6.20 Å². The third kappa shape index (κ3) is 3.53. The lowest BCUT2D eigenvalue weighted by molar-refractivity contribution is 0.107. The van der Waals surface area contributed by atoms with Crippen molar-refractivity contribution in [2.45, 2.75) is 19.6 Å². The Kier molecular flexibility index (Phi) is 4.49. The summed E-state index contributed by atoms with van der Waals surface area (Å²) in [5, 5.41) is 10.1. The zero-order chi connectivity index (χ0) is 13.7. The predicted octanol–water partition coefficient (Wildman–Crippen LogP) is 1.96. The summed E-state index contributed by atoms with van der Waals surface area (Å²) in [5.41, 5.74) is 8.21. The van der Waals surface area contributed by atoms with E-state index in [2.05, 4.69) is 4.98 Å². The summed E-state index contributed by atoms with van der Waals surface area (Å²) < 4.78 is 5.57. The van der Waals surface area contributed by atoms with Crippen molar-refractivity contribution in [3.05, 3.63) is 59.4 Å². The van der Waals surface area contributed by atoms with Crippen LogP contribution in [-0.2, 0) is 6.54 Å². The molecule has 2 aromatic rings. The molecule has 0 fully saturated rings. The third-order valence-corrected chi connectivity index (χ3v) is 2.96. The average Bonchev–Trinajstić information content (AvgIpc) is 2.46. The molecule has 1 aromatic heterocycles. The third-order valence-electron chi connectivity index (χ3n) is 2.96. The number of nitrogens with zero attached hydrogens (tertiary/aromatic N) is 1. The summed E-state index contributed by atoms with van der Waals surface area (Å²) in [5.74, 6) is 0.695. The zero-order valence-electron chi connectivity index (χ0n) is 10.9. The number of aryl methyl sites for hydroxylation is 1. The highest BCUT2D eigenvalue weighted by Crippen LogP contribution is 2.18. The Hall–Kier alpha value is -1.91. The molecule has 1 aromatic carbocycles. The van der Waals surface area contributed by atoms with Crippen LogP contribution >= 0.6 is 0 Å². The Morgan fingerprint density at radius 2 is 2.00 bits per heavy atom. The molecule has 1 unspecified atom stereocenters. The van der Waals surface area contributed by atoms with Gasteiger partial charge in [0.25, 0.3) is 0 Å². The van der Waals surface area contributed by atoms with Gasteiger partial charge in [-0.15, -0.1) is 0 Å². The maximum absolute atomic E-state index is 10.1. The SMILES string of the molecule is Cc1ncccc1OCC(O)c1ccc(CN)cc1. The molecule has 0 saturated carbocycles. The summed E-state index contributed by atoms with van der Waals surface area (Å²) in [7, 11) is 0. The Morgan fingerprint density at radius 3 is 2.63 bits per heavy atom. The van der Waals surface area contributed by atoms with Gasteiger partial charge in [0, 0.05) is 12.7 Å². The Balaban J connectivity index is 1.97. The van der Waals surface area contributed by atoms with Crippen molar-refractivity contribution in [2.24, 2.45) is 5.73 Å². The molecule has 100 valence electrons. The Bertz CT molecular complexity index is 526. The van der Waals surface area contributed by atoms with Crippen LogP contribution in [0.5, 0.6) is 5.75 Å². The maximum atomic E-state index is 10.1. The van der Waals surface area contributed by atoms with Crippen molar-refractivity contribution >= 4 is 0 Å². The molecule has 0 spiro atoms. The highest BCUT2D eigenvalue weighted by molar-refractivity contribution is 5.27. The molecule has 0 aliphatic heterocycles. The smallest absolute Gasteiger partial charge is 0.140 e. The number of aliphatic hydroxyl groups is 1. The molecule has 0 aliphatic rings. The lowest BCUT2D eigenvalue weighted by Crippen LogP contribution is -2.10. The molecule has 3 N–H and O–H groups in total. The molecular weight excluding hydrogens is 240 g/mol. The van der Waals surface area contributed by atoms with E-state index < -0.39 is 6.10 Å². The first-order valence-corrected chi connectivity index (χ1v) is 6.22. The molecule has 0 amide bonds. The minimum absolute atomic E-state index is 0.203. The predicted molar refractivity (Wildman–Crippen MR) is 73.8 cm³/mol. The highest BCUT2D eigenvalue weighted by Gasteiger charge is 2.09. The lowest BCUT2D eigenvalue weighted by atomic mass is 10.1. The molecule has 4 nitrogen and oxygen atoms in total. The molecule has 0 aliphatic carbocycles. The molecule has 19 heavy (non-hydrogen) atoms. The van der Waals surface area contributed by atoms with Gasteiger partial charge in [-0.2, -0.15) is 0 Å². The quantitative estimate of drug-likeness (QED) is 0.860. The van der Waals surface area contributed by atoms with Crippen LogP contribution in [0.3, 0.4) is 0 Å². The van der Waals surface area contributed by atoms with Gasteiger partial charge in [-0.1, -0.05) is 24.3 Å². The van der Waals surface area contributed by atoms with E-state index in [4.69, 9.17) is 10.5 Å². The number of hydrogen-bond donors (Lipinski definition) is 2. The van der Waals surface area contributed by atoms with Crippen LogP contribution in [0.25, 0.3) is 0 Å². The minimum Gasteiger partial charge on any atom is -0.489 e. The van der Waals surface area contributed by atoms with E-state index in [0.29, 0.717) is 12.3 Å². The van der Waals surface area contributed by atoms with Gasteiger partial charge >= 0.3 is 0 Å². The van der Waals surface area contributed by atoms with Crippen LogP contribution < -0.4 is 10.5 Å². The largest absolute Gasteiger partial charge is 0.489 e. The van der Waals surface area contributed by atoms with E-state index >= 15 is 0 Å². The van der Waals surface area contributed by atoms with E-state index in [-0.39, 0.29) is 6.61 Å². The number of ether oxygens (including phenoxy) is 1. The summed E-state index contributed by atoms with van der Waals surface area (Å²) >= 11 is 0. The normalized spacial score (nSPS) is 12.2. The maximum Gasteiger partial charge on any atom is 0.140 e. The average molecular weight is 258 g/mol. The van der Waals surface area contributed by atoms with Crippen molar-refractivity contribution in [1.29, 1.82) is 0 Å². The fourth-order valence-corrected chi connectivity index (χ4v) is 1.76. The first kappa shape index (κ1) is 13.5. The molecule has 0 saturated heterocycles. The van der Waals surface area contributed by atoms with Gasteiger partial charge in [0.05, 0.1) is 5.69 Å². The van der Waals surface area contributed by atoms with Gasteiger partial charge in [0.15, 0.2) is 0 Å². The molecule has 1 atom stereocenters. The number of benzene rings is 1. The Morgan fingerprint density at radius 1 is 1.26 bits per heavy atom. The second-order valence-corrected chi connectivity index (χ2v) is 4.36. The van der Waals surface area contributed by atoms with Gasteiger partial charge in [-0.3, -0.25) is 4.98 Å². The molecular formula is C15H18N2O2. The summed E-state index contributed by atoms with van der Waals surface area (Å²) in [6.07, 6.45) is 1.05.